The van der Waals surface area contributed by atoms with Gasteiger partial charge in [-0.1, -0.05) is 6.07 Å². The van der Waals surface area contributed by atoms with E-state index >= 15 is 0 Å². The van der Waals surface area contributed by atoms with E-state index in [0.717, 1.165) is 0 Å². The Bertz CT molecular complexity index is 1030. The molecule has 10 nitrogen and oxygen atoms in total. The maximum Gasteiger partial charge on any atom is 0.319 e. The van der Waals surface area contributed by atoms with Gasteiger partial charge in [0.25, 0.3) is 16.8 Å². The normalized spacial score (nSPS) is 14.0. The van der Waals surface area contributed by atoms with Gasteiger partial charge in [0.05, 0.1) is 11.3 Å². The van der Waals surface area contributed by atoms with Crippen LogP contribution in [0.1, 0.15) is 17.3 Å². The summed E-state index contributed by atoms with van der Waals surface area (Å²) in [7, 11) is 3.35. The van der Waals surface area contributed by atoms with Crippen molar-refractivity contribution in [3.63, 3.8) is 0 Å². The summed E-state index contributed by atoms with van der Waals surface area (Å²) in [6, 6.07) is 4.49. The molecule has 0 atom stereocenters. The summed E-state index contributed by atoms with van der Waals surface area (Å²) >= 11 is 0. The van der Waals surface area contributed by atoms with Crippen LogP contribution in [0.4, 0.5) is 21.9 Å². The molecule has 0 unspecified atom stereocenters. The summed E-state index contributed by atoms with van der Waals surface area (Å²) < 4.78 is 0. The number of rotatable bonds is 5. The van der Waals surface area contributed by atoms with Gasteiger partial charge < -0.3 is 30.4 Å². The van der Waals surface area contributed by atoms with Crippen molar-refractivity contribution in [1.82, 2.24) is 14.7 Å². The van der Waals surface area contributed by atoms with Crippen molar-refractivity contribution in [3.8, 4) is 5.75 Å². The number of nitrogens with one attached hydrogen (secondary N) is 2. The number of piperazine rings is 1. The van der Waals surface area contributed by atoms with Gasteiger partial charge in [0.1, 0.15) is 11.4 Å². The van der Waals surface area contributed by atoms with Crippen molar-refractivity contribution in [1.29, 1.82) is 0 Å². The van der Waals surface area contributed by atoms with E-state index in [4.69, 9.17) is 0 Å². The summed E-state index contributed by atoms with van der Waals surface area (Å²) in [5.41, 5.74) is -0.817. The van der Waals surface area contributed by atoms with Crippen molar-refractivity contribution >= 4 is 29.0 Å². The molecule has 1 aliphatic heterocycles. The van der Waals surface area contributed by atoms with Crippen LogP contribution in [-0.2, 0) is 0 Å². The van der Waals surface area contributed by atoms with E-state index in [-0.39, 0.29) is 40.3 Å². The minimum atomic E-state index is -0.677. The predicted octanol–water partition coefficient (Wildman–Crippen LogP) is 0.603. The highest BCUT2D eigenvalue weighted by molar-refractivity contribution is 5.99. The van der Waals surface area contributed by atoms with Gasteiger partial charge in [-0.25, -0.2) is 4.79 Å². The summed E-state index contributed by atoms with van der Waals surface area (Å²) in [6.07, 6.45) is 0. The van der Waals surface area contributed by atoms with E-state index in [1.54, 1.807) is 36.9 Å². The lowest BCUT2D eigenvalue weighted by Crippen LogP contribution is -2.52. The van der Waals surface area contributed by atoms with E-state index in [1.165, 1.54) is 17.0 Å². The molecule has 0 spiro atoms. The number of hydrogen-bond donors (Lipinski definition) is 3. The van der Waals surface area contributed by atoms with Gasteiger partial charge in [0, 0.05) is 46.8 Å². The van der Waals surface area contributed by atoms with Crippen LogP contribution >= 0.6 is 0 Å². The van der Waals surface area contributed by atoms with Gasteiger partial charge >= 0.3 is 6.03 Å². The third-order valence-corrected chi connectivity index (χ3v) is 5.01. The molecule has 2 aromatic rings. The molecule has 1 fully saturated rings. The number of carbonyl (C=O) groups is 2. The number of nitrogens with zero attached hydrogens (tertiary/aromatic N) is 3. The van der Waals surface area contributed by atoms with Crippen molar-refractivity contribution in [2.75, 3.05) is 57.5 Å². The van der Waals surface area contributed by atoms with Gasteiger partial charge in [-0.2, -0.15) is 0 Å². The second-order valence-corrected chi connectivity index (χ2v) is 7.22. The van der Waals surface area contributed by atoms with Gasteiger partial charge in [0.2, 0.25) is 0 Å². The number of urea groups is 1. The second kappa shape index (κ2) is 8.44. The van der Waals surface area contributed by atoms with Crippen LogP contribution in [0.2, 0.25) is 0 Å². The van der Waals surface area contributed by atoms with Crippen LogP contribution in [-0.4, -0.2) is 78.6 Å². The van der Waals surface area contributed by atoms with Crippen LogP contribution < -0.4 is 21.5 Å². The third-order valence-electron chi connectivity index (χ3n) is 5.01. The van der Waals surface area contributed by atoms with Gasteiger partial charge in [-0.3, -0.25) is 14.4 Å². The van der Waals surface area contributed by atoms with Gasteiger partial charge in [0.15, 0.2) is 5.75 Å². The second-order valence-electron chi connectivity index (χ2n) is 7.22. The Hall–Kier alpha value is -3.56. The van der Waals surface area contributed by atoms with E-state index in [0.29, 0.717) is 32.7 Å². The number of anilines is 3. The Morgan fingerprint density at radius 3 is 2.23 bits per heavy atom. The molecule has 1 saturated heterocycles. The number of carbonyl (C=O) groups excluding carboxylic acids is 2. The summed E-state index contributed by atoms with van der Waals surface area (Å²) in [4.78, 5) is 53.2. The molecule has 0 saturated carbocycles. The third kappa shape index (κ3) is 3.80. The molecular formula is C20H25N5O5. The van der Waals surface area contributed by atoms with Gasteiger partial charge in [-0.15, -0.1) is 0 Å². The zero-order valence-electron chi connectivity index (χ0n) is 17.2. The fourth-order valence-corrected chi connectivity index (χ4v) is 3.36. The molecule has 10 heteroatoms. The van der Waals surface area contributed by atoms with E-state index in [9.17, 15) is 24.3 Å². The SMILES string of the molecule is CCNc1c(Nc2cccc(C(=O)N3CCN(C(=O)N(C)C)CC3)c2O)c(=O)c1=O. The smallest absolute Gasteiger partial charge is 0.319 e. The topological polar surface area (TPSA) is 122 Å². The Balaban J connectivity index is 1.75. The zero-order chi connectivity index (χ0) is 22.0. The predicted molar refractivity (Wildman–Crippen MR) is 113 cm³/mol. The number of phenols is 1. The first kappa shape index (κ1) is 21.2. The average molecular weight is 415 g/mol. The molecule has 30 heavy (non-hydrogen) atoms. The van der Waals surface area contributed by atoms with Crippen molar-refractivity contribution in [2.45, 2.75) is 6.92 Å². The summed E-state index contributed by atoms with van der Waals surface area (Å²) in [6.45, 7) is 3.75. The highest BCUT2D eigenvalue weighted by Crippen LogP contribution is 2.32. The molecule has 1 aliphatic rings. The monoisotopic (exact) mass is 415 g/mol. The molecule has 2 aromatic carbocycles. The molecule has 0 aliphatic carbocycles. The largest absolute Gasteiger partial charge is 0.505 e. The molecule has 0 aromatic heterocycles. The fraction of sp³-hybridized carbons (Fsp3) is 0.400. The number of hydrogen-bond acceptors (Lipinski definition) is 7. The number of phenolic OH excluding ortho intramolecular Hbond substituents is 1. The fourth-order valence-electron chi connectivity index (χ4n) is 3.36. The standard InChI is InChI=1S/C20H25N5O5/c1-4-21-14-15(18(28)17(14)27)22-13-7-5-6-12(16(13)26)19(29)24-8-10-25(11-9-24)20(30)23(2)3/h5-7,21-22,26H,4,8-11H2,1-3H3. The Morgan fingerprint density at radius 2 is 1.63 bits per heavy atom. The summed E-state index contributed by atoms with van der Waals surface area (Å²) in [5, 5.41) is 16.2. The van der Waals surface area contributed by atoms with E-state index in [2.05, 4.69) is 10.6 Å². The van der Waals surface area contributed by atoms with Crippen LogP contribution in [0.15, 0.2) is 27.8 Å². The molecular weight excluding hydrogens is 390 g/mol. The quantitative estimate of drug-likeness (QED) is 0.483. The molecule has 3 rings (SSSR count). The first-order chi connectivity index (χ1) is 14.3. The van der Waals surface area contributed by atoms with Crippen molar-refractivity contribution in [2.24, 2.45) is 0 Å². The minimum absolute atomic E-state index is 0.0672. The van der Waals surface area contributed by atoms with E-state index < -0.39 is 10.9 Å². The lowest BCUT2D eigenvalue weighted by molar-refractivity contribution is 0.0647. The van der Waals surface area contributed by atoms with Crippen LogP contribution in [0, 0.1) is 0 Å². The number of benzene rings is 1. The number of amides is 3. The molecule has 0 bridgehead atoms. The summed E-state index contributed by atoms with van der Waals surface area (Å²) in [5.74, 6) is -0.671. The lowest BCUT2D eigenvalue weighted by Gasteiger charge is -2.36. The maximum absolute atomic E-state index is 12.9. The molecule has 160 valence electrons. The number of para-hydroxylation sites is 1. The van der Waals surface area contributed by atoms with Crippen molar-refractivity contribution in [3.05, 3.63) is 44.2 Å². The lowest BCUT2D eigenvalue weighted by atomic mass is 10.1. The average Bonchev–Trinajstić information content (AvgIpc) is 2.75. The minimum Gasteiger partial charge on any atom is -0.505 e. The Labute approximate surface area is 173 Å². The highest BCUT2D eigenvalue weighted by Gasteiger charge is 2.28. The number of aromatic hydroxyl groups is 1. The Morgan fingerprint density at radius 1 is 1.03 bits per heavy atom. The first-order valence-corrected chi connectivity index (χ1v) is 9.67. The van der Waals surface area contributed by atoms with E-state index in [1.807, 2.05) is 0 Å². The maximum atomic E-state index is 12.9. The van der Waals surface area contributed by atoms with Crippen LogP contribution in [0.3, 0.4) is 0 Å². The first-order valence-electron chi connectivity index (χ1n) is 9.67. The zero-order valence-corrected chi connectivity index (χ0v) is 17.2. The highest BCUT2D eigenvalue weighted by atomic mass is 16.3. The molecule has 3 N–H and O–H groups in total. The van der Waals surface area contributed by atoms with Crippen LogP contribution in [0.25, 0.3) is 0 Å². The molecule has 1 heterocycles. The Kier molecular flexibility index (Phi) is 5.95. The van der Waals surface area contributed by atoms with Crippen molar-refractivity contribution < 1.29 is 14.7 Å². The molecule has 3 amide bonds. The van der Waals surface area contributed by atoms with Gasteiger partial charge in [-0.05, 0) is 19.1 Å². The molecule has 0 radical (unpaired) electrons. The van der Waals surface area contributed by atoms with Crippen LogP contribution in [0.5, 0.6) is 5.75 Å².